The van der Waals surface area contributed by atoms with E-state index in [4.69, 9.17) is 9.47 Å². The summed E-state index contributed by atoms with van der Waals surface area (Å²) >= 11 is 0. The second kappa shape index (κ2) is 8.86. The summed E-state index contributed by atoms with van der Waals surface area (Å²) in [6.45, 7) is 2.84. The highest BCUT2D eigenvalue weighted by molar-refractivity contribution is 5.93. The van der Waals surface area contributed by atoms with E-state index in [9.17, 15) is 9.59 Å². The molecule has 0 bridgehead atoms. The number of carbonyl (C=O) groups is 2. The number of amides is 2. The van der Waals surface area contributed by atoms with Crippen LogP contribution in [-0.4, -0.2) is 58.5 Å². The number of nitrogens with zero attached hydrogens (tertiary/aromatic N) is 4. The second-order valence-corrected chi connectivity index (χ2v) is 7.07. The Morgan fingerprint density at radius 1 is 1.19 bits per heavy atom. The Morgan fingerprint density at radius 2 is 1.97 bits per heavy atom. The summed E-state index contributed by atoms with van der Waals surface area (Å²) in [5, 5.41) is 11.0. The Morgan fingerprint density at radius 3 is 2.81 bits per heavy atom. The van der Waals surface area contributed by atoms with Crippen LogP contribution in [0, 0.1) is 6.92 Å². The molecular weight excluding hydrogens is 398 g/mol. The van der Waals surface area contributed by atoms with Crippen LogP contribution in [0.2, 0.25) is 0 Å². The van der Waals surface area contributed by atoms with Crippen LogP contribution in [0.4, 0.5) is 0 Å². The van der Waals surface area contributed by atoms with Gasteiger partial charge < -0.3 is 19.7 Å². The fraction of sp³-hybridized carbons (Fsp3) is 0.273. The topological polar surface area (TPSA) is 98.6 Å². The zero-order chi connectivity index (χ0) is 21.8. The van der Waals surface area contributed by atoms with Gasteiger partial charge in [0.15, 0.2) is 12.3 Å². The molecule has 0 atom stereocenters. The molecule has 0 radical (unpaired) electrons. The van der Waals surface area contributed by atoms with Crippen molar-refractivity contribution in [3.63, 3.8) is 0 Å². The normalized spacial score (nSPS) is 13.2. The maximum absolute atomic E-state index is 12.7. The summed E-state index contributed by atoms with van der Waals surface area (Å²) in [6.07, 6.45) is 0. The zero-order valence-electron chi connectivity index (χ0n) is 17.4. The van der Waals surface area contributed by atoms with Gasteiger partial charge in [0.05, 0.1) is 12.8 Å². The molecule has 2 amide bonds. The fourth-order valence-electron chi connectivity index (χ4n) is 3.46. The molecule has 9 heteroatoms. The third-order valence-corrected chi connectivity index (χ3v) is 5.13. The van der Waals surface area contributed by atoms with Crippen LogP contribution < -0.4 is 14.8 Å². The van der Waals surface area contributed by atoms with E-state index in [-0.39, 0.29) is 30.7 Å². The zero-order valence-corrected chi connectivity index (χ0v) is 17.4. The SMILES string of the molecule is COc1ccccc1-n1nnc(C(=O)NCCN2Cc3ccccc3OCC2=O)c1C. The first-order valence-electron chi connectivity index (χ1n) is 9.91. The largest absolute Gasteiger partial charge is 0.494 e. The summed E-state index contributed by atoms with van der Waals surface area (Å²) in [5.74, 6) is 0.872. The summed E-state index contributed by atoms with van der Waals surface area (Å²) in [6, 6.07) is 14.9. The van der Waals surface area contributed by atoms with Gasteiger partial charge in [0, 0.05) is 25.2 Å². The lowest BCUT2D eigenvalue weighted by Gasteiger charge is -2.20. The van der Waals surface area contributed by atoms with Crippen LogP contribution in [0.1, 0.15) is 21.7 Å². The number of nitrogens with one attached hydrogen (secondary N) is 1. The molecular formula is C22H23N5O4. The molecule has 0 unspecified atom stereocenters. The molecule has 9 nitrogen and oxygen atoms in total. The molecule has 2 heterocycles. The highest BCUT2D eigenvalue weighted by Gasteiger charge is 2.22. The number of fused-ring (bicyclic) bond motifs is 1. The highest BCUT2D eigenvalue weighted by atomic mass is 16.5. The van der Waals surface area contributed by atoms with Gasteiger partial charge in [-0.15, -0.1) is 5.10 Å². The lowest BCUT2D eigenvalue weighted by molar-refractivity contribution is -0.133. The van der Waals surface area contributed by atoms with Crippen LogP contribution in [0.25, 0.3) is 5.69 Å². The Labute approximate surface area is 179 Å². The second-order valence-electron chi connectivity index (χ2n) is 7.07. The standard InChI is InChI=1S/C22H23N5O4/c1-15-21(24-25-27(15)17-8-4-6-10-19(17)30-2)22(29)23-11-12-26-13-16-7-3-5-9-18(16)31-14-20(26)28/h3-10H,11-14H2,1-2H3,(H,23,29). The smallest absolute Gasteiger partial charge is 0.273 e. The Kier molecular flexibility index (Phi) is 5.83. The highest BCUT2D eigenvalue weighted by Crippen LogP contribution is 2.24. The van der Waals surface area contributed by atoms with Crippen molar-refractivity contribution in [3.05, 3.63) is 65.5 Å². The van der Waals surface area contributed by atoms with Crippen molar-refractivity contribution >= 4 is 11.8 Å². The first-order valence-corrected chi connectivity index (χ1v) is 9.91. The van der Waals surface area contributed by atoms with E-state index in [0.29, 0.717) is 36.0 Å². The molecule has 1 N–H and O–H groups in total. The van der Waals surface area contributed by atoms with Gasteiger partial charge in [0.1, 0.15) is 17.2 Å². The summed E-state index contributed by atoms with van der Waals surface area (Å²) in [7, 11) is 1.58. The molecule has 1 aliphatic rings. The molecule has 0 spiro atoms. The lowest BCUT2D eigenvalue weighted by Crippen LogP contribution is -2.39. The molecule has 1 aliphatic heterocycles. The minimum Gasteiger partial charge on any atom is -0.494 e. The molecule has 2 aromatic carbocycles. The third kappa shape index (κ3) is 4.20. The van der Waals surface area contributed by atoms with Gasteiger partial charge in [-0.1, -0.05) is 35.5 Å². The summed E-state index contributed by atoms with van der Waals surface area (Å²) < 4.78 is 12.5. The minimum atomic E-state index is -0.349. The average Bonchev–Trinajstić information content (AvgIpc) is 3.10. The quantitative estimate of drug-likeness (QED) is 0.651. The van der Waals surface area contributed by atoms with Crippen molar-refractivity contribution in [1.82, 2.24) is 25.2 Å². The Balaban J connectivity index is 1.41. The van der Waals surface area contributed by atoms with Gasteiger partial charge >= 0.3 is 0 Å². The first-order chi connectivity index (χ1) is 15.1. The van der Waals surface area contributed by atoms with Crippen LogP contribution in [-0.2, 0) is 11.3 Å². The fourth-order valence-corrected chi connectivity index (χ4v) is 3.46. The molecule has 31 heavy (non-hydrogen) atoms. The monoisotopic (exact) mass is 421 g/mol. The number of benzene rings is 2. The third-order valence-electron chi connectivity index (χ3n) is 5.13. The number of carbonyl (C=O) groups excluding carboxylic acids is 2. The van der Waals surface area contributed by atoms with Gasteiger partial charge in [0.25, 0.3) is 11.8 Å². The van der Waals surface area contributed by atoms with Crippen molar-refractivity contribution in [2.24, 2.45) is 0 Å². The van der Waals surface area contributed by atoms with Gasteiger partial charge in [-0.3, -0.25) is 9.59 Å². The van der Waals surface area contributed by atoms with Crippen molar-refractivity contribution in [3.8, 4) is 17.2 Å². The maximum atomic E-state index is 12.7. The van der Waals surface area contributed by atoms with E-state index < -0.39 is 0 Å². The number of hydrogen-bond acceptors (Lipinski definition) is 6. The van der Waals surface area contributed by atoms with E-state index >= 15 is 0 Å². The molecule has 0 fully saturated rings. The van der Waals surface area contributed by atoms with Crippen molar-refractivity contribution in [2.45, 2.75) is 13.5 Å². The van der Waals surface area contributed by atoms with E-state index in [2.05, 4.69) is 15.6 Å². The molecule has 1 aromatic heterocycles. The Bertz CT molecular complexity index is 1110. The molecule has 0 saturated heterocycles. The van der Waals surface area contributed by atoms with Gasteiger partial charge in [-0.25, -0.2) is 4.68 Å². The number of rotatable bonds is 6. The number of ether oxygens (including phenoxy) is 2. The minimum absolute atomic E-state index is 0.0166. The van der Waals surface area contributed by atoms with Crippen LogP contribution in [0.3, 0.4) is 0 Å². The predicted molar refractivity (Wildman–Crippen MR) is 112 cm³/mol. The van der Waals surface area contributed by atoms with Crippen LogP contribution in [0.5, 0.6) is 11.5 Å². The number of hydrogen-bond donors (Lipinski definition) is 1. The van der Waals surface area contributed by atoms with Gasteiger partial charge in [-0.2, -0.15) is 0 Å². The molecule has 160 valence electrons. The molecule has 3 aromatic rings. The van der Waals surface area contributed by atoms with E-state index in [1.165, 1.54) is 0 Å². The van der Waals surface area contributed by atoms with Crippen molar-refractivity contribution in [1.29, 1.82) is 0 Å². The van der Waals surface area contributed by atoms with Crippen LogP contribution in [0.15, 0.2) is 48.5 Å². The van der Waals surface area contributed by atoms with Crippen LogP contribution >= 0.6 is 0 Å². The number of para-hydroxylation sites is 3. The van der Waals surface area contributed by atoms with E-state index in [0.717, 1.165) is 5.56 Å². The number of methoxy groups -OCH3 is 1. The van der Waals surface area contributed by atoms with E-state index in [1.807, 2.05) is 48.5 Å². The molecule has 4 rings (SSSR count). The molecule has 0 aliphatic carbocycles. The Hall–Kier alpha value is -3.88. The molecule has 0 saturated carbocycles. The summed E-state index contributed by atoms with van der Waals surface area (Å²) in [4.78, 5) is 26.7. The van der Waals surface area contributed by atoms with Gasteiger partial charge in [-0.05, 0) is 25.1 Å². The summed E-state index contributed by atoms with van der Waals surface area (Å²) in [5.41, 5.74) is 2.45. The van der Waals surface area contributed by atoms with E-state index in [1.54, 1.807) is 23.6 Å². The number of aromatic nitrogens is 3. The lowest BCUT2D eigenvalue weighted by atomic mass is 10.2. The van der Waals surface area contributed by atoms with Crippen molar-refractivity contribution in [2.75, 3.05) is 26.8 Å². The average molecular weight is 421 g/mol. The van der Waals surface area contributed by atoms with Crippen molar-refractivity contribution < 1.29 is 19.1 Å². The first kappa shape index (κ1) is 20.4. The maximum Gasteiger partial charge on any atom is 0.273 e. The predicted octanol–water partition coefficient (Wildman–Crippen LogP) is 1.74. The van der Waals surface area contributed by atoms with Gasteiger partial charge in [0.2, 0.25) is 0 Å².